The second kappa shape index (κ2) is 11.3. The molecular weight excluding hydrogens is 493 g/mol. The van der Waals surface area contributed by atoms with E-state index < -0.39 is 22.4 Å². The summed E-state index contributed by atoms with van der Waals surface area (Å²) in [6.45, 7) is 6.63. The van der Waals surface area contributed by atoms with Crippen molar-refractivity contribution in [3.8, 4) is 11.3 Å². The average molecular weight is 529 g/mol. The first-order valence-electron chi connectivity index (χ1n) is 12.4. The number of hydrogen-bond acceptors (Lipinski definition) is 5. The predicted molar refractivity (Wildman–Crippen MR) is 133 cm³/mol. The highest BCUT2D eigenvalue weighted by molar-refractivity contribution is 7.91. The third-order valence-corrected chi connectivity index (χ3v) is 8.68. The lowest BCUT2D eigenvalue weighted by atomic mass is 9.89. The third-order valence-electron chi connectivity index (χ3n) is 7.00. The number of amides is 1. The fraction of sp³-hybridized carbons (Fsp3) is 0.640. The van der Waals surface area contributed by atoms with E-state index in [1.807, 2.05) is 20.8 Å². The quantitative estimate of drug-likeness (QED) is 0.511. The minimum Gasteiger partial charge on any atom is -0.350 e. The molecule has 2 aromatic rings. The largest absolute Gasteiger partial charge is 0.389 e. The molecule has 0 aromatic carbocycles. The molecule has 36 heavy (non-hydrogen) atoms. The van der Waals surface area contributed by atoms with Crippen LogP contribution in [0.5, 0.6) is 0 Å². The van der Waals surface area contributed by atoms with Gasteiger partial charge in [0.25, 0.3) is 5.91 Å². The van der Waals surface area contributed by atoms with Gasteiger partial charge in [0.1, 0.15) is 9.84 Å². The van der Waals surface area contributed by atoms with Gasteiger partial charge >= 0.3 is 6.18 Å². The van der Waals surface area contributed by atoms with E-state index >= 15 is 0 Å². The summed E-state index contributed by atoms with van der Waals surface area (Å²) < 4.78 is 63.2. The smallest absolute Gasteiger partial charge is 0.350 e. The van der Waals surface area contributed by atoms with Crippen LogP contribution in [0.3, 0.4) is 0 Å². The lowest BCUT2D eigenvalue weighted by Gasteiger charge is -2.27. The first-order chi connectivity index (χ1) is 16.8. The number of carbonyl (C=O) groups is 1. The summed E-state index contributed by atoms with van der Waals surface area (Å²) in [5.74, 6) is -0.0703. The molecule has 0 radical (unpaired) electrons. The van der Waals surface area contributed by atoms with E-state index in [1.165, 1.54) is 6.26 Å². The monoisotopic (exact) mass is 528 g/mol. The van der Waals surface area contributed by atoms with Gasteiger partial charge in [0.15, 0.2) is 5.69 Å². The Morgan fingerprint density at radius 2 is 1.86 bits per heavy atom. The SMILES string of the molecule is CCc1cc(CCC(F)(F)F)ncc1-c1c(C)c(C(=O)NCC2CCC(S(C)(=O)=O)CC2)nn1CC. The Labute approximate surface area is 210 Å². The number of nitrogens with zero attached hydrogens (tertiary/aromatic N) is 3. The zero-order chi connectivity index (χ0) is 26.7. The number of pyridine rings is 1. The fourth-order valence-electron chi connectivity index (χ4n) is 4.88. The Kier molecular flexibility index (Phi) is 8.84. The second-order valence-corrected chi connectivity index (χ2v) is 11.9. The van der Waals surface area contributed by atoms with Gasteiger partial charge < -0.3 is 5.32 Å². The number of halogens is 3. The minimum absolute atomic E-state index is 0.178. The maximum Gasteiger partial charge on any atom is 0.389 e. The molecule has 0 bridgehead atoms. The van der Waals surface area contributed by atoms with E-state index in [-0.39, 0.29) is 23.5 Å². The molecule has 1 amide bonds. The van der Waals surface area contributed by atoms with Crippen LogP contribution in [-0.4, -0.2) is 53.3 Å². The van der Waals surface area contributed by atoms with Crippen LogP contribution in [-0.2, 0) is 29.2 Å². The highest BCUT2D eigenvalue weighted by Gasteiger charge is 2.29. The molecule has 1 N–H and O–H groups in total. The predicted octanol–water partition coefficient (Wildman–Crippen LogP) is 4.66. The van der Waals surface area contributed by atoms with Crippen LogP contribution >= 0.6 is 0 Å². The Bertz CT molecular complexity index is 1180. The zero-order valence-corrected chi connectivity index (χ0v) is 22.1. The number of alkyl halides is 3. The van der Waals surface area contributed by atoms with E-state index in [0.29, 0.717) is 49.3 Å². The summed E-state index contributed by atoms with van der Waals surface area (Å²) in [6, 6.07) is 1.71. The van der Waals surface area contributed by atoms with Crippen molar-refractivity contribution in [1.82, 2.24) is 20.1 Å². The second-order valence-electron chi connectivity index (χ2n) is 9.62. The average Bonchev–Trinajstić information content (AvgIpc) is 3.16. The Hall–Kier alpha value is -2.43. The number of carbonyl (C=O) groups excluding carboxylic acids is 1. The van der Waals surface area contributed by atoms with Crippen LogP contribution in [0.4, 0.5) is 13.2 Å². The summed E-state index contributed by atoms with van der Waals surface area (Å²) in [5, 5.41) is 7.19. The van der Waals surface area contributed by atoms with Crippen molar-refractivity contribution in [2.24, 2.45) is 5.92 Å². The molecule has 7 nitrogen and oxygen atoms in total. The molecule has 11 heteroatoms. The summed E-state index contributed by atoms with van der Waals surface area (Å²) in [5.41, 5.74) is 3.74. The molecule has 1 aliphatic carbocycles. The van der Waals surface area contributed by atoms with Crippen molar-refractivity contribution in [2.45, 2.75) is 83.7 Å². The van der Waals surface area contributed by atoms with Crippen LogP contribution in [0.15, 0.2) is 12.3 Å². The molecule has 200 valence electrons. The highest BCUT2D eigenvalue weighted by atomic mass is 32.2. The molecule has 2 aromatic heterocycles. The van der Waals surface area contributed by atoms with Gasteiger partial charge in [0.05, 0.1) is 10.9 Å². The normalized spacial score (nSPS) is 18.9. The number of hydrogen-bond donors (Lipinski definition) is 1. The van der Waals surface area contributed by atoms with Crippen molar-refractivity contribution < 1.29 is 26.4 Å². The molecule has 0 saturated heterocycles. The lowest BCUT2D eigenvalue weighted by molar-refractivity contribution is -0.134. The van der Waals surface area contributed by atoms with Gasteiger partial charge in [-0.2, -0.15) is 18.3 Å². The van der Waals surface area contributed by atoms with Gasteiger partial charge in [0, 0.05) is 48.8 Å². The molecule has 0 spiro atoms. The summed E-state index contributed by atoms with van der Waals surface area (Å²) in [6.07, 6.45) is 0.842. The maximum absolute atomic E-state index is 13.0. The first kappa shape index (κ1) is 28.1. The number of sulfone groups is 1. The molecular formula is C25H35F3N4O3S. The van der Waals surface area contributed by atoms with Crippen LogP contribution in [0.25, 0.3) is 11.3 Å². The van der Waals surface area contributed by atoms with Crippen molar-refractivity contribution >= 4 is 15.7 Å². The van der Waals surface area contributed by atoms with Gasteiger partial charge in [0.2, 0.25) is 0 Å². The van der Waals surface area contributed by atoms with Gasteiger partial charge in [-0.25, -0.2) is 8.42 Å². The van der Waals surface area contributed by atoms with Crippen LogP contribution in [0, 0.1) is 12.8 Å². The Morgan fingerprint density at radius 1 is 1.19 bits per heavy atom. The van der Waals surface area contributed by atoms with Gasteiger partial charge in [-0.1, -0.05) is 6.92 Å². The van der Waals surface area contributed by atoms with E-state index in [1.54, 1.807) is 16.9 Å². The molecule has 1 fully saturated rings. The standard InChI is InChI=1S/C25H35F3N4O3S/c1-5-18-13-19(11-12-25(26,27)28)29-15-21(18)23-16(3)22(31-32(23)6-2)24(33)30-14-17-7-9-20(10-8-17)36(4,34)35/h13,15,17,20H,5-12,14H2,1-4H3,(H,30,33). The maximum atomic E-state index is 13.0. The Morgan fingerprint density at radius 3 is 2.42 bits per heavy atom. The first-order valence-corrected chi connectivity index (χ1v) is 14.4. The number of aromatic nitrogens is 3. The molecule has 0 atom stereocenters. The number of aryl methyl sites for hydroxylation is 3. The topological polar surface area (TPSA) is 93.9 Å². The zero-order valence-electron chi connectivity index (χ0n) is 21.3. The molecule has 3 rings (SSSR count). The van der Waals surface area contributed by atoms with E-state index in [9.17, 15) is 26.4 Å². The molecule has 2 heterocycles. The summed E-state index contributed by atoms with van der Waals surface area (Å²) in [4.78, 5) is 17.3. The van der Waals surface area contributed by atoms with Gasteiger partial charge in [-0.05, 0) is 69.9 Å². The van der Waals surface area contributed by atoms with Crippen molar-refractivity contribution in [3.63, 3.8) is 0 Å². The van der Waals surface area contributed by atoms with E-state index in [4.69, 9.17) is 0 Å². The van der Waals surface area contributed by atoms with Crippen molar-refractivity contribution in [2.75, 3.05) is 12.8 Å². The van der Waals surface area contributed by atoms with Crippen LogP contribution in [0.2, 0.25) is 0 Å². The van der Waals surface area contributed by atoms with Crippen molar-refractivity contribution in [1.29, 1.82) is 0 Å². The molecule has 0 unspecified atom stereocenters. The van der Waals surface area contributed by atoms with Gasteiger partial charge in [-0.15, -0.1) is 0 Å². The fourth-order valence-corrected chi connectivity index (χ4v) is 6.01. The Balaban J connectivity index is 1.76. The van der Waals surface area contributed by atoms with E-state index in [0.717, 1.165) is 29.7 Å². The highest BCUT2D eigenvalue weighted by Crippen LogP contribution is 2.31. The molecule has 1 saturated carbocycles. The molecule has 0 aliphatic heterocycles. The number of nitrogens with one attached hydrogen (secondary N) is 1. The summed E-state index contributed by atoms with van der Waals surface area (Å²) in [7, 11) is -3.03. The van der Waals surface area contributed by atoms with Crippen LogP contribution < -0.4 is 5.32 Å². The van der Waals surface area contributed by atoms with E-state index in [2.05, 4.69) is 15.4 Å². The molecule has 1 aliphatic rings. The summed E-state index contributed by atoms with van der Waals surface area (Å²) >= 11 is 0. The minimum atomic E-state index is -4.24. The lowest BCUT2D eigenvalue weighted by Crippen LogP contribution is -2.34. The van der Waals surface area contributed by atoms with Crippen molar-refractivity contribution in [3.05, 3.63) is 34.8 Å². The third kappa shape index (κ3) is 6.86. The van der Waals surface area contributed by atoms with Gasteiger partial charge in [-0.3, -0.25) is 14.5 Å². The number of rotatable bonds is 9. The van der Waals surface area contributed by atoms with Crippen LogP contribution in [0.1, 0.15) is 73.3 Å².